The van der Waals surface area contributed by atoms with E-state index in [1.165, 1.54) is 5.56 Å². The van der Waals surface area contributed by atoms with Gasteiger partial charge in [0.05, 0.1) is 0 Å². The van der Waals surface area contributed by atoms with Gasteiger partial charge in [-0.15, -0.1) is 0 Å². The molecular formula is C15H19N5. The summed E-state index contributed by atoms with van der Waals surface area (Å²) in [5, 5.41) is 0. The summed E-state index contributed by atoms with van der Waals surface area (Å²) in [6.07, 6.45) is 4.85. The van der Waals surface area contributed by atoms with Gasteiger partial charge in [0.1, 0.15) is 11.5 Å². The van der Waals surface area contributed by atoms with Gasteiger partial charge in [0.15, 0.2) is 5.82 Å². The quantitative estimate of drug-likeness (QED) is 0.896. The number of aromatic nitrogens is 4. The number of aryl methyl sites for hydroxylation is 3. The highest BCUT2D eigenvalue weighted by Gasteiger charge is 2.22. The molecule has 0 aliphatic heterocycles. The summed E-state index contributed by atoms with van der Waals surface area (Å²) in [6, 6.07) is 1.86. The van der Waals surface area contributed by atoms with Gasteiger partial charge in [0.2, 0.25) is 0 Å². The summed E-state index contributed by atoms with van der Waals surface area (Å²) in [5.74, 6) is 2.01. The average molecular weight is 269 g/mol. The third kappa shape index (κ3) is 2.41. The van der Waals surface area contributed by atoms with Crippen LogP contribution >= 0.6 is 0 Å². The molecule has 0 fully saturated rings. The Morgan fingerprint density at radius 3 is 2.85 bits per heavy atom. The SMILES string of the molecule is Cc1nccc(-c2nc(C)c3c(n2)CCC(CN)C3)n1. The highest BCUT2D eigenvalue weighted by atomic mass is 15.0. The molecule has 0 spiro atoms. The summed E-state index contributed by atoms with van der Waals surface area (Å²) >= 11 is 0. The van der Waals surface area contributed by atoms with Crippen LogP contribution in [0.2, 0.25) is 0 Å². The summed E-state index contributed by atoms with van der Waals surface area (Å²) < 4.78 is 0. The second-order valence-corrected chi connectivity index (χ2v) is 5.39. The monoisotopic (exact) mass is 269 g/mol. The van der Waals surface area contributed by atoms with E-state index in [1.54, 1.807) is 6.20 Å². The standard InChI is InChI=1S/C15H19N5/c1-9-12-7-11(8-16)3-4-13(12)20-15(18-9)14-5-6-17-10(2)19-14/h5-6,11H,3-4,7-8,16H2,1-2H3. The van der Waals surface area contributed by atoms with Crippen molar-refractivity contribution >= 4 is 0 Å². The second kappa shape index (κ2) is 5.25. The Hall–Kier alpha value is -1.88. The Morgan fingerprint density at radius 2 is 2.10 bits per heavy atom. The molecule has 5 nitrogen and oxygen atoms in total. The zero-order chi connectivity index (χ0) is 14.1. The number of nitrogens with two attached hydrogens (primary N) is 1. The van der Waals surface area contributed by atoms with Gasteiger partial charge in [-0.05, 0) is 57.2 Å². The van der Waals surface area contributed by atoms with E-state index in [9.17, 15) is 0 Å². The topological polar surface area (TPSA) is 77.6 Å². The van der Waals surface area contributed by atoms with Gasteiger partial charge >= 0.3 is 0 Å². The Labute approximate surface area is 118 Å². The first-order chi connectivity index (χ1) is 9.67. The predicted octanol–water partition coefficient (Wildman–Crippen LogP) is 1.61. The molecule has 2 N–H and O–H groups in total. The van der Waals surface area contributed by atoms with Crippen LogP contribution in [-0.2, 0) is 12.8 Å². The number of hydrogen-bond acceptors (Lipinski definition) is 5. The van der Waals surface area contributed by atoms with Crippen molar-refractivity contribution in [3.05, 3.63) is 35.0 Å². The summed E-state index contributed by atoms with van der Waals surface area (Å²) in [5.41, 5.74) is 10.1. The van der Waals surface area contributed by atoms with E-state index in [4.69, 9.17) is 10.7 Å². The minimum absolute atomic E-state index is 0.567. The fourth-order valence-electron chi connectivity index (χ4n) is 2.76. The maximum Gasteiger partial charge on any atom is 0.178 e. The molecule has 0 aromatic carbocycles. The normalized spacial score (nSPS) is 17.9. The largest absolute Gasteiger partial charge is 0.330 e. The van der Waals surface area contributed by atoms with Crippen molar-refractivity contribution in [2.45, 2.75) is 33.1 Å². The van der Waals surface area contributed by atoms with Crippen molar-refractivity contribution in [3.63, 3.8) is 0 Å². The van der Waals surface area contributed by atoms with Crippen LogP contribution in [0.15, 0.2) is 12.3 Å². The molecule has 2 aromatic heterocycles. The first-order valence-corrected chi connectivity index (χ1v) is 7.04. The molecule has 3 rings (SSSR count). The van der Waals surface area contributed by atoms with Gasteiger partial charge in [-0.25, -0.2) is 19.9 Å². The summed E-state index contributed by atoms with van der Waals surface area (Å²) in [4.78, 5) is 17.9. The molecule has 0 saturated heterocycles. The molecule has 20 heavy (non-hydrogen) atoms. The van der Waals surface area contributed by atoms with Gasteiger partial charge in [0.25, 0.3) is 0 Å². The van der Waals surface area contributed by atoms with E-state index in [1.807, 2.05) is 13.0 Å². The van der Waals surface area contributed by atoms with E-state index in [0.29, 0.717) is 11.7 Å². The maximum atomic E-state index is 5.79. The third-order valence-corrected chi connectivity index (χ3v) is 3.92. The molecule has 1 unspecified atom stereocenters. The fraction of sp³-hybridized carbons (Fsp3) is 0.467. The first-order valence-electron chi connectivity index (χ1n) is 7.04. The average Bonchev–Trinajstić information content (AvgIpc) is 2.47. The van der Waals surface area contributed by atoms with Crippen molar-refractivity contribution in [1.82, 2.24) is 19.9 Å². The van der Waals surface area contributed by atoms with E-state index >= 15 is 0 Å². The number of fused-ring (bicyclic) bond motifs is 1. The van der Waals surface area contributed by atoms with E-state index in [-0.39, 0.29) is 0 Å². The Balaban J connectivity index is 2.02. The lowest BCUT2D eigenvalue weighted by atomic mass is 9.86. The highest BCUT2D eigenvalue weighted by molar-refractivity contribution is 5.50. The lowest BCUT2D eigenvalue weighted by Crippen LogP contribution is -2.24. The Morgan fingerprint density at radius 1 is 1.25 bits per heavy atom. The first kappa shape index (κ1) is 13.1. The molecule has 0 bridgehead atoms. The molecular weight excluding hydrogens is 250 g/mol. The maximum absolute atomic E-state index is 5.79. The van der Waals surface area contributed by atoms with Crippen LogP contribution in [0.1, 0.15) is 29.2 Å². The van der Waals surface area contributed by atoms with Gasteiger partial charge in [-0.2, -0.15) is 0 Å². The number of nitrogens with zero attached hydrogens (tertiary/aromatic N) is 4. The van der Waals surface area contributed by atoms with Gasteiger partial charge < -0.3 is 5.73 Å². The van der Waals surface area contributed by atoms with Crippen molar-refractivity contribution < 1.29 is 0 Å². The van der Waals surface area contributed by atoms with Gasteiger partial charge in [-0.1, -0.05) is 0 Å². The molecule has 1 aliphatic rings. The van der Waals surface area contributed by atoms with Gasteiger partial charge in [-0.3, -0.25) is 0 Å². The summed E-state index contributed by atoms with van der Waals surface area (Å²) in [6.45, 7) is 4.67. The minimum Gasteiger partial charge on any atom is -0.330 e. The van der Waals surface area contributed by atoms with Crippen molar-refractivity contribution in [2.24, 2.45) is 11.7 Å². The predicted molar refractivity (Wildman–Crippen MR) is 77.1 cm³/mol. The lowest BCUT2D eigenvalue weighted by Gasteiger charge is -2.24. The third-order valence-electron chi connectivity index (χ3n) is 3.92. The Bertz CT molecular complexity index is 638. The van der Waals surface area contributed by atoms with Crippen molar-refractivity contribution in [1.29, 1.82) is 0 Å². The molecule has 2 aromatic rings. The highest BCUT2D eigenvalue weighted by Crippen LogP contribution is 2.27. The molecule has 0 radical (unpaired) electrons. The number of rotatable bonds is 2. The van der Waals surface area contributed by atoms with Crippen molar-refractivity contribution in [3.8, 4) is 11.5 Å². The molecule has 1 aliphatic carbocycles. The van der Waals surface area contributed by atoms with E-state index in [2.05, 4.69) is 21.9 Å². The smallest absolute Gasteiger partial charge is 0.178 e. The molecule has 1 atom stereocenters. The van der Waals surface area contributed by atoms with E-state index < -0.39 is 0 Å². The zero-order valence-corrected chi connectivity index (χ0v) is 11.9. The minimum atomic E-state index is 0.567. The van der Waals surface area contributed by atoms with E-state index in [0.717, 1.165) is 48.7 Å². The van der Waals surface area contributed by atoms with Crippen LogP contribution in [0.3, 0.4) is 0 Å². The molecule has 2 heterocycles. The Kier molecular flexibility index (Phi) is 3.44. The summed E-state index contributed by atoms with van der Waals surface area (Å²) in [7, 11) is 0. The molecule has 0 amide bonds. The van der Waals surface area contributed by atoms with Crippen LogP contribution in [0.4, 0.5) is 0 Å². The zero-order valence-electron chi connectivity index (χ0n) is 11.9. The molecule has 0 saturated carbocycles. The second-order valence-electron chi connectivity index (χ2n) is 5.39. The van der Waals surface area contributed by atoms with Crippen molar-refractivity contribution in [2.75, 3.05) is 6.54 Å². The van der Waals surface area contributed by atoms with Crippen LogP contribution < -0.4 is 5.73 Å². The van der Waals surface area contributed by atoms with Gasteiger partial charge in [0, 0.05) is 17.6 Å². The van der Waals surface area contributed by atoms with Crippen LogP contribution in [0.5, 0.6) is 0 Å². The fourth-order valence-corrected chi connectivity index (χ4v) is 2.76. The lowest BCUT2D eigenvalue weighted by molar-refractivity contribution is 0.460. The number of hydrogen-bond donors (Lipinski definition) is 1. The van der Waals surface area contributed by atoms with Crippen LogP contribution in [-0.4, -0.2) is 26.5 Å². The molecule has 5 heteroatoms. The van der Waals surface area contributed by atoms with Crippen LogP contribution in [0, 0.1) is 19.8 Å². The molecule has 104 valence electrons. The van der Waals surface area contributed by atoms with Crippen LogP contribution in [0.25, 0.3) is 11.5 Å².